The molecule has 5 nitrogen and oxygen atoms in total. The van der Waals surface area contributed by atoms with Gasteiger partial charge in [-0.1, -0.05) is 44.2 Å². The first kappa shape index (κ1) is 24.2. The lowest BCUT2D eigenvalue weighted by Crippen LogP contribution is -2.39. The monoisotopic (exact) mass is 441 g/mol. The number of benzene rings is 1. The van der Waals surface area contributed by atoms with Gasteiger partial charge in [-0.15, -0.1) is 36.2 Å². The minimum absolute atomic E-state index is 0. The first-order chi connectivity index (χ1) is 12.4. The maximum Gasteiger partial charge on any atom is 0.266 e. The number of hydrogen-bond acceptors (Lipinski definition) is 5. The normalized spacial score (nSPS) is 10.7. The Kier molecular flexibility index (Phi) is 8.70. The Labute approximate surface area is 181 Å². The molecule has 0 bridgehead atoms. The van der Waals surface area contributed by atoms with Gasteiger partial charge in [0.2, 0.25) is 0 Å². The highest BCUT2D eigenvalue weighted by atomic mass is 35.5. The van der Waals surface area contributed by atoms with Crippen molar-refractivity contribution in [1.29, 1.82) is 0 Å². The molecule has 0 aliphatic carbocycles. The average molecular weight is 442 g/mol. The highest BCUT2D eigenvalue weighted by Crippen LogP contribution is 2.35. The van der Waals surface area contributed by atoms with Gasteiger partial charge < -0.3 is 15.1 Å². The second kappa shape index (κ2) is 10.1. The molecule has 2 N–H and O–H groups in total. The molecular weight excluding hydrogens is 417 g/mol. The topological polar surface area (TPSA) is 72.4 Å². The summed E-state index contributed by atoms with van der Waals surface area (Å²) in [4.78, 5) is 20.2. The van der Waals surface area contributed by atoms with Crippen LogP contribution in [0.3, 0.4) is 0 Å². The summed E-state index contributed by atoms with van der Waals surface area (Å²) in [5.41, 5.74) is 7.27. The SMILES string of the molecule is CN(CC(C)(C)CN)C(=O)c1sc(-c2ccco2)nc1-c1ccccc1.Cl.Cl. The molecule has 0 fully saturated rings. The number of nitrogens with two attached hydrogens (primary N) is 1. The highest BCUT2D eigenvalue weighted by Gasteiger charge is 2.27. The van der Waals surface area contributed by atoms with E-state index in [0.29, 0.717) is 34.4 Å². The van der Waals surface area contributed by atoms with E-state index < -0.39 is 0 Å². The summed E-state index contributed by atoms with van der Waals surface area (Å²) in [7, 11) is 1.81. The Balaban J connectivity index is 0.00000196. The number of hydrogen-bond donors (Lipinski definition) is 1. The fourth-order valence-corrected chi connectivity index (χ4v) is 3.76. The second-order valence-electron chi connectivity index (χ2n) is 7.07. The van der Waals surface area contributed by atoms with Gasteiger partial charge in [0.05, 0.1) is 12.0 Å². The number of carbonyl (C=O) groups excluding carboxylic acids is 1. The number of aromatic nitrogens is 1. The van der Waals surface area contributed by atoms with Gasteiger partial charge in [-0.3, -0.25) is 4.79 Å². The summed E-state index contributed by atoms with van der Waals surface area (Å²) in [6.07, 6.45) is 1.61. The molecule has 1 amide bonds. The van der Waals surface area contributed by atoms with Crippen molar-refractivity contribution in [2.45, 2.75) is 13.8 Å². The van der Waals surface area contributed by atoms with Crippen molar-refractivity contribution in [3.63, 3.8) is 0 Å². The Bertz CT molecular complexity index is 880. The van der Waals surface area contributed by atoms with E-state index >= 15 is 0 Å². The van der Waals surface area contributed by atoms with Gasteiger partial charge in [0.1, 0.15) is 4.88 Å². The van der Waals surface area contributed by atoms with Crippen molar-refractivity contribution in [3.8, 4) is 22.0 Å². The molecule has 1 aromatic carbocycles. The third-order valence-electron chi connectivity index (χ3n) is 4.17. The van der Waals surface area contributed by atoms with Crippen LogP contribution < -0.4 is 5.73 Å². The Morgan fingerprint density at radius 3 is 2.43 bits per heavy atom. The van der Waals surface area contributed by atoms with Crippen molar-refractivity contribution in [3.05, 3.63) is 53.6 Å². The quantitative estimate of drug-likeness (QED) is 0.585. The lowest BCUT2D eigenvalue weighted by atomic mass is 9.93. The van der Waals surface area contributed by atoms with Crippen LogP contribution in [-0.2, 0) is 0 Å². The minimum atomic E-state index is -0.147. The maximum absolute atomic E-state index is 13.1. The molecule has 8 heteroatoms. The molecule has 2 heterocycles. The predicted octanol–water partition coefficient (Wildman–Crippen LogP) is 4.97. The minimum Gasteiger partial charge on any atom is -0.462 e. The highest BCUT2D eigenvalue weighted by molar-refractivity contribution is 7.17. The molecule has 3 aromatic rings. The van der Waals surface area contributed by atoms with E-state index in [4.69, 9.17) is 15.1 Å². The molecule has 0 aliphatic rings. The Morgan fingerprint density at radius 1 is 1.18 bits per heavy atom. The lowest BCUT2D eigenvalue weighted by Gasteiger charge is -2.28. The third kappa shape index (κ3) is 5.35. The van der Waals surface area contributed by atoms with Crippen LogP contribution in [0.2, 0.25) is 0 Å². The Morgan fingerprint density at radius 2 is 1.86 bits per heavy atom. The van der Waals surface area contributed by atoms with Gasteiger partial charge in [-0.2, -0.15) is 0 Å². The van der Waals surface area contributed by atoms with Gasteiger partial charge in [-0.05, 0) is 24.1 Å². The van der Waals surface area contributed by atoms with E-state index in [-0.39, 0.29) is 36.1 Å². The summed E-state index contributed by atoms with van der Waals surface area (Å²) >= 11 is 1.35. The average Bonchev–Trinajstić information content (AvgIpc) is 3.31. The summed E-state index contributed by atoms with van der Waals surface area (Å²) < 4.78 is 5.47. The fraction of sp³-hybridized carbons (Fsp3) is 0.300. The first-order valence-electron chi connectivity index (χ1n) is 8.47. The van der Waals surface area contributed by atoms with E-state index in [1.54, 1.807) is 18.2 Å². The van der Waals surface area contributed by atoms with Gasteiger partial charge in [0, 0.05) is 19.2 Å². The summed E-state index contributed by atoms with van der Waals surface area (Å²) in [6, 6.07) is 13.4. The molecule has 0 atom stereocenters. The van der Waals surface area contributed by atoms with Crippen molar-refractivity contribution >= 4 is 42.1 Å². The van der Waals surface area contributed by atoms with Crippen LogP contribution in [0.4, 0.5) is 0 Å². The summed E-state index contributed by atoms with van der Waals surface area (Å²) in [5, 5.41) is 0.698. The van der Waals surface area contributed by atoms with Crippen LogP contribution >= 0.6 is 36.2 Å². The van der Waals surface area contributed by atoms with Crippen LogP contribution in [-0.4, -0.2) is 35.9 Å². The van der Waals surface area contributed by atoms with Crippen LogP contribution in [0.5, 0.6) is 0 Å². The van der Waals surface area contributed by atoms with Gasteiger partial charge >= 0.3 is 0 Å². The Hall–Kier alpha value is -1.86. The van der Waals surface area contributed by atoms with E-state index in [9.17, 15) is 4.79 Å². The largest absolute Gasteiger partial charge is 0.462 e. The first-order valence-corrected chi connectivity index (χ1v) is 9.28. The van der Waals surface area contributed by atoms with Crippen molar-refractivity contribution < 1.29 is 9.21 Å². The van der Waals surface area contributed by atoms with E-state index in [1.165, 1.54) is 11.3 Å². The molecule has 2 aromatic heterocycles. The smallest absolute Gasteiger partial charge is 0.266 e. The van der Waals surface area contributed by atoms with Crippen LogP contribution in [0.15, 0.2) is 53.1 Å². The number of carbonyl (C=O) groups is 1. The number of amides is 1. The zero-order valence-corrected chi connectivity index (χ0v) is 18.5. The molecule has 0 saturated carbocycles. The second-order valence-corrected chi connectivity index (χ2v) is 8.07. The molecule has 28 heavy (non-hydrogen) atoms. The molecule has 0 aliphatic heterocycles. The van der Waals surface area contributed by atoms with Crippen LogP contribution in [0.1, 0.15) is 23.5 Å². The van der Waals surface area contributed by atoms with Gasteiger partial charge in [0.15, 0.2) is 10.8 Å². The zero-order valence-electron chi connectivity index (χ0n) is 16.0. The van der Waals surface area contributed by atoms with Crippen molar-refractivity contribution in [2.75, 3.05) is 20.1 Å². The van der Waals surface area contributed by atoms with Crippen molar-refractivity contribution in [2.24, 2.45) is 11.1 Å². The number of thiazole rings is 1. The number of halogens is 2. The molecule has 0 spiro atoms. The predicted molar refractivity (Wildman–Crippen MR) is 120 cm³/mol. The van der Waals surface area contributed by atoms with E-state index in [2.05, 4.69) is 13.8 Å². The molecule has 152 valence electrons. The standard InChI is InChI=1S/C20H23N3O2S.2ClH/c1-20(2,12-21)13-23(3)19(24)17-16(14-8-5-4-6-9-14)22-18(26-17)15-10-7-11-25-15;;/h4-11H,12-13,21H2,1-3H3;2*1H. The number of nitrogens with zero attached hydrogens (tertiary/aromatic N) is 2. The molecule has 3 rings (SSSR count). The molecule has 0 saturated heterocycles. The molecular formula is C20H25Cl2N3O2S. The third-order valence-corrected chi connectivity index (χ3v) is 5.22. The van der Waals surface area contributed by atoms with Crippen molar-refractivity contribution in [1.82, 2.24) is 9.88 Å². The summed E-state index contributed by atoms with van der Waals surface area (Å²) in [6.45, 7) is 5.19. The lowest BCUT2D eigenvalue weighted by molar-refractivity contribution is 0.0746. The number of furan rings is 1. The van der Waals surface area contributed by atoms with E-state index in [1.807, 2.05) is 42.5 Å². The zero-order chi connectivity index (χ0) is 18.7. The van der Waals surface area contributed by atoms with Crippen LogP contribution in [0.25, 0.3) is 22.0 Å². The van der Waals surface area contributed by atoms with Gasteiger partial charge in [-0.25, -0.2) is 4.98 Å². The van der Waals surface area contributed by atoms with Crippen LogP contribution in [0, 0.1) is 5.41 Å². The maximum atomic E-state index is 13.1. The summed E-state index contributed by atoms with van der Waals surface area (Å²) in [5.74, 6) is 0.608. The number of rotatable bonds is 6. The molecule has 0 radical (unpaired) electrons. The van der Waals surface area contributed by atoms with Gasteiger partial charge in [0.25, 0.3) is 5.91 Å². The van der Waals surface area contributed by atoms with E-state index in [0.717, 1.165) is 5.56 Å². The molecule has 0 unspecified atom stereocenters. The fourth-order valence-electron chi connectivity index (χ4n) is 2.71.